The lowest BCUT2D eigenvalue weighted by Crippen LogP contribution is -2.55. The molecule has 56 valence electrons. The van der Waals surface area contributed by atoms with E-state index >= 15 is 0 Å². The molecule has 0 aromatic rings. The molecule has 0 saturated carbocycles. The van der Waals surface area contributed by atoms with Crippen molar-refractivity contribution in [1.82, 2.24) is 5.32 Å². The van der Waals surface area contributed by atoms with Crippen LogP contribution in [0.1, 0.15) is 34.6 Å². The Morgan fingerprint density at radius 1 is 1.00 bits per heavy atom. The summed E-state index contributed by atoms with van der Waals surface area (Å²) >= 11 is 0. The summed E-state index contributed by atoms with van der Waals surface area (Å²) in [4.78, 5) is 0. The Bertz CT molecular complexity index is 72.1. The normalized spacial score (nSPS) is 14.0. The zero-order valence-electron chi connectivity index (χ0n) is 7.08. The molecule has 2 nitrogen and oxygen atoms in total. The molecule has 0 amide bonds. The molecule has 0 bridgehead atoms. The van der Waals surface area contributed by atoms with E-state index < -0.39 is 0 Å². The van der Waals surface area contributed by atoms with Crippen LogP contribution in [-0.4, -0.2) is 11.2 Å². The predicted octanol–water partition coefficient (Wildman–Crippen LogP) is 1.07. The minimum Gasteiger partial charge on any atom is -0.314 e. The summed E-state index contributed by atoms with van der Waals surface area (Å²) in [7, 11) is 0. The van der Waals surface area contributed by atoms with Crippen LogP contribution in [0, 0.1) is 0 Å². The molecule has 0 unspecified atom stereocenters. The maximum atomic E-state index is 5.71. The first kappa shape index (κ1) is 8.92. The molecule has 0 aromatic heterocycles. The number of rotatable bonds is 1. The third kappa shape index (κ3) is 7.92. The second-order valence-corrected chi connectivity index (χ2v) is 4.10. The van der Waals surface area contributed by atoms with Gasteiger partial charge in [0.25, 0.3) is 0 Å². The highest BCUT2D eigenvalue weighted by atomic mass is 15.1. The van der Waals surface area contributed by atoms with Gasteiger partial charge in [-0.3, -0.25) is 5.32 Å². The van der Waals surface area contributed by atoms with Crippen LogP contribution in [0.25, 0.3) is 0 Å². The van der Waals surface area contributed by atoms with Crippen LogP contribution in [0.5, 0.6) is 0 Å². The summed E-state index contributed by atoms with van der Waals surface area (Å²) in [5, 5.41) is 3.24. The molecule has 0 heterocycles. The van der Waals surface area contributed by atoms with Gasteiger partial charge in [0.1, 0.15) is 0 Å². The summed E-state index contributed by atoms with van der Waals surface area (Å²) in [5.41, 5.74) is 5.55. The van der Waals surface area contributed by atoms with Gasteiger partial charge in [0.15, 0.2) is 0 Å². The molecule has 0 aliphatic rings. The minimum absolute atomic E-state index is 0.109. The van der Waals surface area contributed by atoms with Crippen LogP contribution in [0.2, 0.25) is 0 Å². The van der Waals surface area contributed by atoms with Gasteiger partial charge in [-0.05, 0) is 34.6 Å². The average Bonchev–Trinajstić information content (AvgIpc) is 1.14. The van der Waals surface area contributed by atoms with Gasteiger partial charge in [0, 0.05) is 5.54 Å². The first-order valence-corrected chi connectivity index (χ1v) is 3.29. The zero-order valence-corrected chi connectivity index (χ0v) is 7.08. The highest BCUT2D eigenvalue weighted by Crippen LogP contribution is 2.03. The Hall–Kier alpha value is -0.0800. The van der Waals surface area contributed by atoms with Crippen LogP contribution >= 0.6 is 0 Å². The van der Waals surface area contributed by atoms with Crippen LogP contribution in [0.4, 0.5) is 0 Å². The standard InChI is InChI=1S/C7H18N2/c1-6(2,3)9-7(4,5)8/h9H,8H2,1-5H3. The van der Waals surface area contributed by atoms with E-state index in [-0.39, 0.29) is 11.2 Å². The second kappa shape index (κ2) is 2.27. The lowest BCUT2D eigenvalue weighted by atomic mass is 10.1. The third-order valence-electron chi connectivity index (χ3n) is 0.697. The molecule has 0 aliphatic carbocycles. The molecular weight excluding hydrogens is 112 g/mol. The van der Waals surface area contributed by atoms with Crippen molar-refractivity contribution in [2.24, 2.45) is 5.73 Å². The number of nitrogens with two attached hydrogens (primary N) is 1. The molecule has 0 spiro atoms. The van der Waals surface area contributed by atoms with Crippen molar-refractivity contribution in [2.75, 3.05) is 0 Å². The van der Waals surface area contributed by atoms with Crippen molar-refractivity contribution in [2.45, 2.75) is 45.8 Å². The predicted molar refractivity (Wildman–Crippen MR) is 41.2 cm³/mol. The molecule has 2 heteroatoms. The summed E-state index contributed by atoms with van der Waals surface area (Å²) in [5.74, 6) is 0. The van der Waals surface area contributed by atoms with Gasteiger partial charge < -0.3 is 5.73 Å². The molecule has 3 N–H and O–H groups in total. The number of hydrogen-bond donors (Lipinski definition) is 2. The van der Waals surface area contributed by atoms with Gasteiger partial charge in [0.2, 0.25) is 0 Å². The minimum atomic E-state index is -0.266. The summed E-state index contributed by atoms with van der Waals surface area (Å²) in [6, 6.07) is 0. The van der Waals surface area contributed by atoms with E-state index in [1.165, 1.54) is 0 Å². The Kier molecular flexibility index (Phi) is 2.25. The Labute approximate surface area is 57.8 Å². The van der Waals surface area contributed by atoms with Crippen LogP contribution in [0.3, 0.4) is 0 Å². The molecule has 0 saturated heterocycles. The molecule has 9 heavy (non-hydrogen) atoms. The summed E-state index contributed by atoms with van der Waals surface area (Å²) < 4.78 is 0. The maximum absolute atomic E-state index is 5.71. The first-order valence-electron chi connectivity index (χ1n) is 3.29. The van der Waals surface area contributed by atoms with E-state index in [0.29, 0.717) is 0 Å². The van der Waals surface area contributed by atoms with Crippen molar-refractivity contribution < 1.29 is 0 Å². The fourth-order valence-corrected chi connectivity index (χ4v) is 0.967. The van der Waals surface area contributed by atoms with E-state index in [2.05, 4.69) is 26.1 Å². The average molecular weight is 130 g/mol. The van der Waals surface area contributed by atoms with Crippen molar-refractivity contribution >= 4 is 0 Å². The molecule has 0 rings (SSSR count). The highest BCUT2D eigenvalue weighted by molar-refractivity contribution is 4.79. The first-order chi connectivity index (χ1) is 3.71. The fourth-order valence-electron chi connectivity index (χ4n) is 0.967. The lowest BCUT2D eigenvalue weighted by molar-refractivity contribution is 0.290. The van der Waals surface area contributed by atoms with E-state index in [9.17, 15) is 0 Å². The molecule has 0 atom stereocenters. The van der Waals surface area contributed by atoms with Crippen molar-refractivity contribution in [3.63, 3.8) is 0 Å². The second-order valence-electron chi connectivity index (χ2n) is 4.10. The van der Waals surface area contributed by atoms with Crippen LogP contribution in [-0.2, 0) is 0 Å². The molecule has 0 aromatic carbocycles. The van der Waals surface area contributed by atoms with Crippen molar-refractivity contribution in [3.8, 4) is 0 Å². The largest absolute Gasteiger partial charge is 0.314 e. The van der Waals surface area contributed by atoms with Gasteiger partial charge >= 0.3 is 0 Å². The van der Waals surface area contributed by atoms with E-state index in [1.807, 2.05) is 13.8 Å². The van der Waals surface area contributed by atoms with Gasteiger partial charge in [-0.1, -0.05) is 0 Å². The highest BCUT2D eigenvalue weighted by Gasteiger charge is 2.18. The van der Waals surface area contributed by atoms with Gasteiger partial charge in [-0.15, -0.1) is 0 Å². The monoisotopic (exact) mass is 130 g/mol. The maximum Gasteiger partial charge on any atom is 0.0607 e. The molecule has 0 radical (unpaired) electrons. The van der Waals surface area contributed by atoms with E-state index in [1.54, 1.807) is 0 Å². The SMILES string of the molecule is CC(C)(C)NC(C)(C)N. The Balaban J connectivity index is 3.75. The van der Waals surface area contributed by atoms with E-state index in [4.69, 9.17) is 5.73 Å². The van der Waals surface area contributed by atoms with Gasteiger partial charge in [0.05, 0.1) is 5.66 Å². The number of nitrogens with one attached hydrogen (secondary N) is 1. The third-order valence-corrected chi connectivity index (χ3v) is 0.697. The van der Waals surface area contributed by atoms with E-state index in [0.717, 1.165) is 0 Å². The zero-order chi connectivity index (χ0) is 7.71. The number of hydrogen-bond acceptors (Lipinski definition) is 2. The Morgan fingerprint density at radius 2 is 1.33 bits per heavy atom. The van der Waals surface area contributed by atoms with Gasteiger partial charge in [-0.25, -0.2) is 0 Å². The smallest absolute Gasteiger partial charge is 0.0607 e. The summed E-state index contributed by atoms with van der Waals surface area (Å²) in [6.45, 7) is 10.2. The molecule has 0 aliphatic heterocycles. The lowest BCUT2D eigenvalue weighted by Gasteiger charge is -2.31. The summed E-state index contributed by atoms with van der Waals surface area (Å²) in [6.07, 6.45) is 0. The van der Waals surface area contributed by atoms with Gasteiger partial charge in [-0.2, -0.15) is 0 Å². The van der Waals surface area contributed by atoms with Crippen LogP contribution in [0.15, 0.2) is 0 Å². The quantitative estimate of drug-likeness (QED) is 0.521. The molecular formula is C7H18N2. The Morgan fingerprint density at radius 3 is 1.33 bits per heavy atom. The van der Waals surface area contributed by atoms with Crippen molar-refractivity contribution in [1.29, 1.82) is 0 Å². The van der Waals surface area contributed by atoms with Crippen molar-refractivity contribution in [3.05, 3.63) is 0 Å². The fraction of sp³-hybridized carbons (Fsp3) is 1.00. The topological polar surface area (TPSA) is 38.0 Å². The molecule has 0 fully saturated rings. The van der Waals surface area contributed by atoms with Crippen LogP contribution < -0.4 is 11.1 Å².